The van der Waals surface area contributed by atoms with Crippen LogP contribution in [-0.2, 0) is 16.6 Å². The van der Waals surface area contributed by atoms with Gasteiger partial charge >= 0.3 is 11.7 Å². The fourth-order valence-corrected chi connectivity index (χ4v) is 13.6. The van der Waals surface area contributed by atoms with Gasteiger partial charge in [0, 0.05) is 87.7 Å². The molecule has 3 N–H and O–H groups in total. The number of hydrogen-bond donors (Lipinski definition) is 3. The van der Waals surface area contributed by atoms with Crippen molar-refractivity contribution in [3.05, 3.63) is 76.3 Å². The molecule has 6 aliphatic rings. The summed E-state index contributed by atoms with van der Waals surface area (Å²) >= 11 is 0. The number of hydrogen-bond acceptors (Lipinski definition) is 13. The summed E-state index contributed by atoms with van der Waals surface area (Å²) in [4.78, 5) is 61.7. The minimum atomic E-state index is -0.729. The second-order valence-corrected chi connectivity index (χ2v) is 22.9. The number of aromatic hydroxyl groups is 1. The van der Waals surface area contributed by atoms with Crippen LogP contribution >= 0.6 is 0 Å². The summed E-state index contributed by atoms with van der Waals surface area (Å²) in [7, 11) is 1.75. The highest BCUT2D eigenvalue weighted by molar-refractivity contribution is 6.03. The molecule has 6 fully saturated rings. The van der Waals surface area contributed by atoms with Crippen molar-refractivity contribution in [3.63, 3.8) is 0 Å². The highest BCUT2D eigenvalue weighted by Gasteiger charge is 2.37. The molecule has 398 valence electrons. The smallest absolute Gasteiger partial charge is 0.329 e. The summed E-state index contributed by atoms with van der Waals surface area (Å²) in [6.45, 7) is 12.2. The zero-order valence-corrected chi connectivity index (χ0v) is 43.5. The van der Waals surface area contributed by atoms with Crippen LogP contribution in [0.3, 0.4) is 0 Å². The Morgan fingerprint density at radius 2 is 1.61 bits per heavy atom. The molecule has 6 aromatic rings. The van der Waals surface area contributed by atoms with Crippen LogP contribution in [0.25, 0.3) is 44.0 Å². The summed E-state index contributed by atoms with van der Waals surface area (Å²) < 4.78 is 41.6. The van der Waals surface area contributed by atoms with E-state index in [4.69, 9.17) is 16.1 Å². The zero-order chi connectivity index (χ0) is 52.4. The monoisotopic (exact) mass is 1040 g/mol. The van der Waals surface area contributed by atoms with Crippen molar-refractivity contribution in [2.24, 2.45) is 24.3 Å². The van der Waals surface area contributed by atoms with Crippen LogP contribution in [0.4, 0.5) is 20.3 Å². The predicted octanol–water partition coefficient (Wildman–Crippen LogP) is 6.88. The van der Waals surface area contributed by atoms with Gasteiger partial charge in [0.25, 0.3) is 0 Å². The molecule has 2 bridgehead atoms. The van der Waals surface area contributed by atoms with Crippen LogP contribution in [0.1, 0.15) is 89.2 Å². The molecule has 9 heterocycles. The van der Waals surface area contributed by atoms with E-state index >= 15 is 8.78 Å². The van der Waals surface area contributed by atoms with Gasteiger partial charge in [-0.25, -0.2) is 13.6 Å². The third kappa shape index (κ3) is 9.63. The number of piperazine rings is 1. The number of phenols is 1. The Kier molecular flexibility index (Phi) is 13.4. The molecule has 6 aliphatic heterocycles. The predicted molar refractivity (Wildman–Crippen MR) is 289 cm³/mol. The number of aryl methyl sites for hydroxylation is 1. The number of likely N-dealkylation sites (tertiary alicyclic amines) is 2. The lowest BCUT2D eigenvalue weighted by Gasteiger charge is -2.43. The topological polar surface area (TPSA) is 166 Å². The maximum absolute atomic E-state index is 17.1. The molecule has 76 heavy (non-hydrogen) atoms. The number of ether oxygens (including phenoxy) is 1. The maximum atomic E-state index is 17.1. The van der Waals surface area contributed by atoms with E-state index in [1.807, 2.05) is 6.07 Å². The average Bonchev–Trinajstić information content (AvgIpc) is 3.95. The standard InChI is InChI=1S/C58H67F2N11O5/c1-4-42-45(59)9-5-37-27-41(72)29-43(50(37)42)52-51(60)53-44(31-61-52)54(70-33-38-6-7-39(34-70)62-38)65-56(64-53)76-26-25-67-23-17-58(2,18-24-67)30-35-13-19-68(20-14-35)32-36-15-21-69(22-16-36)40-8-10-46-48(28-40)66(3)57(75)71(46)47-11-12-49(73)63-55(47)74/h1,5,8-10,27-29,31,35-36,38-39,47,62,72H,6-7,11-26,30,32-34H2,2-3H3,(H,63,73,74). The summed E-state index contributed by atoms with van der Waals surface area (Å²) in [5.74, 6) is 2.16. The lowest BCUT2D eigenvalue weighted by molar-refractivity contribution is -0.135. The summed E-state index contributed by atoms with van der Waals surface area (Å²) in [5.41, 5.74) is 2.71. The van der Waals surface area contributed by atoms with Crippen molar-refractivity contribution in [3.8, 4) is 35.4 Å². The number of phenolic OH excluding ortho intramolecular Hbond substituents is 1. The quantitative estimate of drug-likeness (QED) is 0.0859. The number of aromatic nitrogens is 5. The number of fused-ring (bicyclic) bond motifs is 5. The van der Waals surface area contributed by atoms with Crippen molar-refractivity contribution >= 4 is 56.0 Å². The molecular weight excluding hydrogens is 969 g/mol. The number of anilines is 2. The van der Waals surface area contributed by atoms with E-state index in [0.717, 1.165) is 101 Å². The number of benzene rings is 3. The first kappa shape index (κ1) is 50.2. The number of piperidine rings is 4. The first-order valence-corrected chi connectivity index (χ1v) is 27.4. The molecule has 2 amide bonds. The van der Waals surface area contributed by atoms with E-state index in [0.29, 0.717) is 72.8 Å². The van der Waals surface area contributed by atoms with E-state index in [9.17, 15) is 19.5 Å². The number of nitrogens with one attached hydrogen (secondary N) is 2. The summed E-state index contributed by atoms with van der Waals surface area (Å²) in [6.07, 6.45) is 18.2. The molecule has 0 spiro atoms. The molecule has 0 aliphatic carbocycles. The molecule has 16 nitrogen and oxygen atoms in total. The van der Waals surface area contributed by atoms with Crippen LogP contribution in [0.2, 0.25) is 0 Å². The number of rotatable bonds is 12. The lowest BCUT2D eigenvalue weighted by Crippen LogP contribution is -2.51. The van der Waals surface area contributed by atoms with Crippen molar-refractivity contribution in [2.75, 3.05) is 81.9 Å². The Hall–Kier alpha value is -6.68. The number of nitrogens with zero attached hydrogens (tertiary/aromatic N) is 9. The van der Waals surface area contributed by atoms with Gasteiger partial charge in [-0.2, -0.15) is 9.97 Å². The number of carbonyl (C=O) groups is 2. The second kappa shape index (κ2) is 20.4. The number of imidazole rings is 1. The van der Waals surface area contributed by atoms with E-state index in [1.54, 1.807) is 22.4 Å². The van der Waals surface area contributed by atoms with Gasteiger partial charge in [0.2, 0.25) is 11.8 Å². The van der Waals surface area contributed by atoms with Crippen molar-refractivity contribution in [1.82, 2.24) is 44.5 Å². The molecule has 12 rings (SSSR count). The largest absolute Gasteiger partial charge is 0.508 e. The molecule has 3 unspecified atom stereocenters. The Bertz CT molecular complexity index is 3340. The Morgan fingerprint density at radius 1 is 0.855 bits per heavy atom. The maximum Gasteiger partial charge on any atom is 0.329 e. The van der Waals surface area contributed by atoms with Gasteiger partial charge in [-0.15, -0.1) is 6.42 Å². The fourth-order valence-electron chi connectivity index (χ4n) is 13.6. The molecular formula is C58H67F2N11O5. The van der Waals surface area contributed by atoms with Crippen molar-refractivity contribution in [2.45, 2.75) is 95.7 Å². The Morgan fingerprint density at radius 3 is 2.34 bits per heavy atom. The number of halogens is 2. The number of terminal acetylenes is 1. The molecule has 3 aromatic heterocycles. The molecule has 3 atom stereocenters. The van der Waals surface area contributed by atoms with E-state index in [1.165, 1.54) is 43.5 Å². The molecule has 0 radical (unpaired) electrons. The third-order valence-corrected chi connectivity index (χ3v) is 17.9. The minimum Gasteiger partial charge on any atom is -0.508 e. The second-order valence-electron chi connectivity index (χ2n) is 22.9. The summed E-state index contributed by atoms with van der Waals surface area (Å²) in [6, 6.07) is 11.7. The number of amides is 2. The molecule has 0 saturated carbocycles. The lowest BCUT2D eigenvalue weighted by atomic mass is 9.72. The van der Waals surface area contributed by atoms with Gasteiger partial charge in [-0.1, -0.05) is 18.9 Å². The van der Waals surface area contributed by atoms with Crippen molar-refractivity contribution < 1.29 is 28.2 Å². The highest BCUT2D eigenvalue weighted by Crippen LogP contribution is 2.42. The van der Waals surface area contributed by atoms with E-state index in [2.05, 4.69) is 65.2 Å². The van der Waals surface area contributed by atoms with Gasteiger partial charge in [-0.05, 0) is 149 Å². The van der Waals surface area contributed by atoms with E-state index in [-0.39, 0.29) is 62.9 Å². The highest BCUT2D eigenvalue weighted by atomic mass is 19.1. The average molecular weight is 1040 g/mol. The van der Waals surface area contributed by atoms with Gasteiger partial charge < -0.3 is 29.9 Å². The molecule has 6 saturated heterocycles. The number of imide groups is 1. The van der Waals surface area contributed by atoms with Gasteiger partial charge in [-0.3, -0.25) is 33.9 Å². The van der Waals surface area contributed by atoms with Gasteiger partial charge in [0.05, 0.1) is 22.0 Å². The fraction of sp³-hybridized carbons (Fsp3) is 0.517. The van der Waals surface area contributed by atoms with E-state index < -0.39 is 23.6 Å². The minimum absolute atomic E-state index is 0.0359. The molecule has 3 aromatic carbocycles. The number of carbonyl (C=O) groups excluding carboxylic acids is 2. The van der Waals surface area contributed by atoms with Gasteiger partial charge in [0.1, 0.15) is 41.2 Å². The Balaban J connectivity index is 0.634. The molecule has 18 heteroatoms. The van der Waals surface area contributed by atoms with Crippen LogP contribution < -0.4 is 30.9 Å². The first-order chi connectivity index (χ1) is 36.8. The zero-order valence-electron chi connectivity index (χ0n) is 43.5. The first-order valence-electron chi connectivity index (χ1n) is 27.4. The number of pyridine rings is 1. The normalized spacial score (nSPS) is 23.0. The van der Waals surface area contributed by atoms with Crippen LogP contribution in [0, 0.1) is 41.2 Å². The van der Waals surface area contributed by atoms with Gasteiger partial charge in [0.15, 0.2) is 5.82 Å². The SMILES string of the molecule is C#Cc1c(F)ccc2cc(O)cc(-c3ncc4c(N5CC6CCC(C5)N6)nc(OCCN5CCC(C)(CC6CCN(CC7CCN(c8ccc9c(c8)n(C)c(=O)n9C8CCC(=O)NC8=O)CC7)CC6)CC5)nc4c3F)c12. The van der Waals surface area contributed by atoms with Crippen molar-refractivity contribution in [1.29, 1.82) is 0 Å². The summed E-state index contributed by atoms with van der Waals surface area (Å²) in [5, 5.41) is 17.9. The van der Waals surface area contributed by atoms with Crippen LogP contribution in [0.15, 0.2) is 53.5 Å². The Labute approximate surface area is 440 Å². The van der Waals surface area contributed by atoms with Crippen LogP contribution in [0.5, 0.6) is 11.8 Å². The van der Waals surface area contributed by atoms with Crippen LogP contribution in [-0.4, -0.2) is 135 Å². The third-order valence-electron chi connectivity index (χ3n) is 17.9.